The molecular formula is C24H19N5. The van der Waals surface area contributed by atoms with Crippen LogP contribution < -0.4 is 5.73 Å². The van der Waals surface area contributed by atoms with E-state index in [0.29, 0.717) is 17.8 Å². The van der Waals surface area contributed by atoms with Crippen molar-refractivity contribution in [3.8, 4) is 6.07 Å². The maximum atomic E-state index is 9.35. The van der Waals surface area contributed by atoms with Crippen molar-refractivity contribution >= 4 is 5.82 Å². The van der Waals surface area contributed by atoms with E-state index in [-0.39, 0.29) is 0 Å². The van der Waals surface area contributed by atoms with Gasteiger partial charge in [-0.25, -0.2) is 4.98 Å². The van der Waals surface area contributed by atoms with Gasteiger partial charge in [-0.3, -0.25) is 9.97 Å². The molecule has 0 amide bonds. The Morgan fingerprint density at radius 3 is 2.14 bits per heavy atom. The highest BCUT2D eigenvalue weighted by molar-refractivity contribution is 5.50. The van der Waals surface area contributed by atoms with Gasteiger partial charge in [0.15, 0.2) is 0 Å². The van der Waals surface area contributed by atoms with Crippen LogP contribution in [0.1, 0.15) is 27.9 Å². The summed E-state index contributed by atoms with van der Waals surface area (Å²) in [5.74, 6) is 0.449. The third-order valence-electron chi connectivity index (χ3n) is 5.04. The van der Waals surface area contributed by atoms with E-state index in [4.69, 9.17) is 10.7 Å². The third-order valence-corrected chi connectivity index (χ3v) is 5.04. The summed E-state index contributed by atoms with van der Waals surface area (Å²) in [6.45, 7) is 0. The quantitative estimate of drug-likeness (QED) is 0.570. The summed E-state index contributed by atoms with van der Waals surface area (Å²) < 4.78 is 0. The molecule has 0 unspecified atom stereocenters. The van der Waals surface area contributed by atoms with Gasteiger partial charge >= 0.3 is 0 Å². The maximum Gasteiger partial charge on any atom is 0.123 e. The zero-order chi connectivity index (χ0) is 20.1. The number of rotatable bonds is 5. The van der Waals surface area contributed by atoms with E-state index >= 15 is 0 Å². The van der Waals surface area contributed by atoms with Gasteiger partial charge in [0.1, 0.15) is 5.82 Å². The normalized spacial score (nSPS) is 11.0. The minimum Gasteiger partial charge on any atom is -0.384 e. The number of nitrogens with zero attached hydrogens (tertiary/aromatic N) is 4. The highest BCUT2D eigenvalue weighted by atomic mass is 14.9. The van der Waals surface area contributed by atoms with Crippen LogP contribution in [0.3, 0.4) is 0 Å². The van der Waals surface area contributed by atoms with Crippen LogP contribution in [-0.4, -0.2) is 15.0 Å². The molecule has 4 aromatic rings. The Morgan fingerprint density at radius 1 is 0.862 bits per heavy atom. The molecule has 4 rings (SSSR count). The lowest BCUT2D eigenvalue weighted by Crippen LogP contribution is -2.33. The molecule has 5 nitrogen and oxygen atoms in total. The number of pyridine rings is 3. The Kier molecular flexibility index (Phi) is 5.00. The molecule has 0 radical (unpaired) electrons. The summed E-state index contributed by atoms with van der Waals surface area (Å²) in [5.41, 5.74) is 9.81. The van der Waals surface area contributed by atoms with Crippen LogP contribution in [-0.2, 0) is 11.8 Å². The van der Waals surface area contributed by atoms with Crippen molar-refractivity contribution in [2.24, 2.45) is 0 Å². The summed E-state index contributed by atoms with van der Waals surface area (Å²) in [4.78, 5) is 13.4. The fourth-order valence-corrected chi connectivity index (χ4v) is 3.73. The molecule has 5 heteroatoms. The van der Waals surface area contributed by atoms with Gasteiger partial charge in [-0.05, 0) is 59.5 Å². The molecule has 0 bridgehead atoms. The molecule has 0 aliphatic rings. The maximum absolute atomic E-state index is 9.35. The monoisotopic (exact) mass is 377 g/mol. The number of aromatic nitrogens is 3. The number of benzene rings is 1. The van der Waals surface area contributed by atoms with Gasteiger partial charge in [-0.1, -0.05) is 30.3 Å². The largest absolute Gasteiger partial charge is 0.384 e. The standard InChI is InChI=1S/C24H19N5/c25-15-19-6-1-5-18(13-19)14-24(20-7-3-11-27-16-20,21-8-4-12-28-17-21)22-9-2-10-23(26)29-22/h1-13,16-17H,14H2,(H2,26,29). The smallest absolute Gasteiger partial charge is 0.123 e. The van der Waals surface area contributed by atoms with Crippen molar-refractivity contribution in [2.75, 3.05) is 5.73 Å². The van der Waals surface area contributed by atoms with Gasteiger partial charge in [0.25, 0.3) is 0 Å². The Labute approximate surface area is 169 Å². The third kappa shape index (κ3) is 3.56. The van der Waals surface area contributed by atoms with Crippen LogP contribution >= 0.6 is 0 Å². The second kappa shape index (κ2) is 7.91. The van der Waals surface area contributed by atoms with E-state index in [1.54, 1.807) is 24.5 Å². The van der Waals surface area contributed by atoms with E-state index in [2.05, 4.69) is 16.0 Å². The molecule has 140 valence electrons. The molecule has 0 aliphatic heterocycles. The Bertz CT molecular complexity index is 1110. The lowest BCUT2D eigenvalue weighted by molar-refractivity contribution is 0.588. The average molecular weight is 377 g/mol. The lowest BCUT2D eigenvalue weighted by Gasteiger charge is -2.34. The van der Waals surface area contributed by atoms with Gasteiger partial charge < -0.3 is 5.73 Å². The molecule has 3 aromatic heterocycles. The van der Waals surface area contributed by atoms with Crippen molar-refractivity contribution in [2.45, 2.75) is 11.8 Å². The second-order valence-corrected chi connectivity index (χ2v) is 6.83. The Morgan fingerprint density at radius 2 is 1.55 bits per heavy atom. The first-order chi connectivity index (χ1) is 14.2. The van der Waals surface area contributed by atoms with E-state index in [1.165, 1.54) is 0 Å². The van der Waals surface area contributed by atoms with Crippen molar-refractivity contribution in [3.05, 3.63) is 119 Å². The fraction of sp³-hybridized carbons (Fsp3) is 0.0833. The van der Waals surface area contributed by atoms with E-state index in [9.17, 15) is 5.26 Å². The summed E-state index contributed by atoms with van der Waals surface area (Å²) in [5, 5.41) is 9.35. The van der Waals surface area contributed by atoms with Gasteiger partial charge in [0.05, 0.1) is 22.7 Å². The first-order valence-electron chi connectivity index (χ1n) is 9.25. The zero-order valence-corrected chi connectivity index (χ0v) is 15.7. The summed E-state index contributed by atoms with van der Waals surface area (Å²) in [7, 11) is 0. The van der Waals surface area contributed by atoms with Crippen LogP contribution in [0.4, 0.5) is 5.82 Å². The molecule has 0 atom stereocenters. The van der Waals surface area contributed by atoms with Crippen LogP contribution in [0.2, 0.25) is 0 Å². The predicted molar refractivity (Wildman–Crippen MR) is 112 cm³/mol. The highest BCUT2D eigenvalue weighted by Crippen LogP contribution is 2.41. The van der Waals surface area contributed by atoms with E-state index in [1.807, 2.05) is 67.0 Å². The molecule has 29 heavy (non-hydrogen) atoms. The molecule has 1 aromatic carbocycles. The van der Waals surface area contributed by atoms with Gasteiger partial charge in [0.2, 0.25) is 0 Å². The van der Waals surface area contributed by atoms with Crippen molar-refractivity contribution in [3.63, 3.8) is 0 Å². The van der Waals surface area contributed by atoms with Gasteiger partial charge in [-0.15, -0.1) is 0 Å². The van der Waals surface area contributed by atoms with Crippen molar-refractivity contribution in [1.82, 2.24) is 15.0 Å². The molecular weight excluding hydrogens is 358 g/mol. The zero-order valence-electron chi connectivity index (χ0n) is 15.7. The molecule has 0 aliphatic carbocycles. The number of nitriles is 1. The Balaban J connectivity index is 2.02. The highest BCUT2D eigenvalue weighted by Gasteiger charge is 2.38. The van der Waals surface area contributed by atoms with Gasteiger partial charge in [0, 0.05) is 24.8 Å². The summed E-state index contributed by atoms with van der Waals surface area (Å²) in [6.07, 6.45) is 7.79. The van der Waals surface area contributed by atoms with Crippen molar-refractivity contribution < 1.29 is 0 Å². The van der Waals surface area contributed by atoms with Crippen LogP contribution in [0, 0.1) is 11.3 Å². The predicted octanol–water partition coefficient (Wildman–Crippen LogP) is 3.90. The molecule has 0 fully saturated rings. The van der Waals surface area contributed by atoms with Gasteiger partial charge in [-0.2, -0.15) is 5.26 Å². The van der Waals surface area contributed by atoms with E-state index < -0.39 is 5.41 Å². The molecule has 0 spiro atoms. The molecule has 2 N–H and O–H groups in total. The number of nitrogen functional groups attached to an aromatic ring is 1. The first kappa shape index (κ1) is 18.3. The first-order valence-corrected chi connectivity index (χ1v) is 9.25. The lowest BCUT2D eigenvalue weighted by atomic mass is 9.68. The average Bonchev–Trinajstić information content (AvgIpc) is 2.79. The van der Waals surface area contributed by atoms with Crippen LogP contribution in [0.5, 0.6) is 0 Å². The number of anilines is 1. The minimum absolute atomic E-state index is 0.449. The number of nitrogens with two attached hydrogens (primary N) is 1. The molecule has 0 saturated heterocycles. The number of hydrogen-bond acceptors (Lipinski definition) is 5. The van der Waals surface area contributed by atoms with Crippen LogP contribution in [0.25, 0.3) is 0 Å². The van der Waals surface area contributed by atoms with E-state index in [0.717, 1.165) is 22.4 Å². The minimum atomic E-state index is -0.661. The summed E-state index contributed by atoms with van der Waals surface area (Å²) >= 11 is 0. The Hall–Kier alpha value is -4.04. The second-order valence-electron chi connectivity index (χ2n) is 6.83. The molecule has 3 heterocycles. The summed E-state index contributed by atoms with van der Waals surface area (Å²) in [6, 6.07) is 23.4. The number of hydrogen-bond donors (Lipinski definition) is 1. The van der Waals surface area contributed by atoms with Crippen molar-refractivity contribution in [1.29, 1.82) is 5.26 Å². The topological polar surface area (TPSA) is 88.5 Å². The SMILES string of the molecule is N#Cc1cccc(CC(c2cccnc2)(c2cccnc2)c2cccc(N)n2)c1. The van der Waals surface area contributed by atoms with Crippen LogP contribution in [0.15, 0.2) is 91.5 Å². The fourth-order valence-electron chi connectivity index (χ4n) is 3.73. The molecule has 0 saturated carbocycles.